The third-order valence-corrected chi connectivity index (χ3v) is 11.0. The third-order valence-electron chi connectivity index (χ3n) is 11.0. The van der Waals surface area contributed by atoms with Crippen molar-refractivity contribution in [2.45, 2.75) is 39.3 Å². The first-order chi connectivity index (χ1) is 27.4. The summed E-state index contributed by atoms with van der Waals surface area (Å²) in [6.45, 7) is 6.05. The zero-order chi connectivity index (χ0) is 38.2. The molecule has 0 spiro atoms. The van der Waals surface area contributed by atoms with Gasteiger partial charge in [-0.05, 0) is 106 Å². The predicted octanol–water partition coefficient (Wildman–Crippen LogP) is 11.0. The molecule has 0 radical (unpaired) electrons. The van der Waals surface area contributed by atoms with Gasteiger partial charge in [0.25, 0.3) is 0 Å². The van der Waals surface area contributed by atoms with Gasteiger partial charge >= 0.3 is 0 Å². The lowest BCUT2D eigenvalue weighted by atomic mass is 9.81. The van der Waals surface area contributed by atoms with Crippen LogP contribution in [-0.4, -0.2) is 21.6 Å². The van der Waals surface area contributed by atoms with Crippen LogP contribution in [0.2, 0.25) is 0 Å². The van der Waals surface area contributed by atoms with Crippen LogP contribution < -0.4 is 11.1 Å². The van der Waals surface area contributed by atoms with E-state index in [9.17, 15) is 0 Å². The van der Waals surface area contributed by atoms with Gasteiger partial charge in [-0.2, -0.15) is 0 Å². The van der Waals surface area contributed by atoms with Crippen LogP contribution in [0.1, 0.15) is 59.2 Å². The van der Waals surface area contributed by atoms with Crippen molar-refractivity contribution >= 4 is 49.6 Å². The highest BCUT2D eigenvalue weighted by molar-refractivity contribution is 6.14. The third kappa shape index (κ3) is 6.71. The smallest absolute Gasteiger partial charge is 0.159 e. The van der Waals surface area contributed by atoms with Crippen LogP contribution >= 0.6 is 0 Å². The lowest BCUT2D eigenvalue weighted by Gasteiger charge is -2.29. The number of hydrogen-bond acceptors (Lipinski definition) is 6. The van der Waals surface area contributed by atoms with Crippen LogP contribution in [0, 0.1) is 13.8 Å². The maximum atomic E-state index is 7.04. The summed E-state index contributed by atoms with van der Waals surface area (Å²) >= 11 is 0. The van der Waals surface area contributed by atoms with Gasteiger partial charge in [-0.15, -0.1) is 0 Å². The molecular weight excluding hydrogens is 685 g/mol. The molecule has 6 nitrogen and oxygen atoms in total. The summed E-state index contributed by atoms with van der Waals surface area (Å²) < 4.78 is 0. The standard InChI is InChI=1S/C50H42N6/c1-31(47-52-30-32(2)33(3)53-47)24-25-46(51)38-26-37(45-29-36-17-8-10-20-41(36)42-21-11-12-22-43(42)45)27-39(28-38)49-54-48(35-15-5-4-6-16-35)55-50(56-49)44-23-13-18-34-14-7-9-19-40(34)44/h4-26,28-30,37,50H,27,51H2,1-3H3,(H,54,55,56)/b31-24+,46-25-. The number of hydrogen-bond donors (Lipinski definition) is 2. The second-order valence-corrected chi connectivity index (χ2v) is 14.7. The molecule has 2 unspecified atom stereocenters. The Labute approximate surface area is 327 Å². The number of allylic oxidation sites excluding steroid dienone is 5. The molecule has 0 saturated carbocycles. The monoisotopic (exact) mass is 726 g/mol. The largest absolute Gasteiger partial charge is 0.398 e. The highest BCUT2D eigenvalue weighted by Crippen LogP contribution is 2.40. The van der Waals surface area contributed by atoms with Gasteiger partial charge in [0.1, 0.15) is 12.0 Å². The molecule has 2 heterocycles. The average molecular weight is 727 g/mol. The maximum Gasteiger partial charge on any atom is 0.159 e. The van der Waals surface area contributed by atoms with Gasteiger partial charge in [0, 0.05) is 34.6 Å². The average Bonchev–Trinajstić information content (AvgIpc) is 3.25. The zero-order valence-corrected chi connectivity index (χ0v) is 31.7. The van der Waals surface area contributed by atoms with Gasteiger partial charge in [0.2, 0.25) is 0 Å². The molecule has 1 aliphatic heterocycles. The van der Waals surface area contributed by atoms with Crippen molar-refractivity contribution in [3.05, 3.63) is 209 Å². The summed E-state index contributed by atoms with van der Waals surface area (Å²) in [5.74, 6) is 2.19. The minimum Gasteiger partial charge on any atom is -0.398 e. The van der Waals surface area contributed by atoms with Gasteiger partial charge in [-0.1, -0.05) is 133 Å². The number of nitrogens with two attached hydrogens (primary N) is 1. The Kier molecular flexibility index (Phi) is 9.16. The molecular formula is C50H42N6. The lowest BCUT2D eigenvalue weighted by Crippen LogP contribution is -2.35. The number of aliphatic imine (C=N–C) groups is 2. The van der Waals surface area contributed by atoms with E-state index in [1.807, 2.05) is 57.3 Å². The summed E-state index contributed by atoms with van der Waals surface area (Å²) in [4.78, 5) is 19.8. The van der Waals surface area contributed by atoms with Crippen molar-refractivity contribution in [2.24, 2.45) is 15.7 Å². The van der Waals surface area contributed by atoms with Crippen LogP contribution in [0.4, 0.5) is 0 Å². The first kappa shape index (κ1) is 34.8. The molecule has 3 N–H and O–H groups in total. The van der Waals surface area contributed by atoms with E-state index in [2.05, 4.69) is 132 Å². The molecule has 2 atom stereocenters. The summed E-state index contributed by atoms with van der Waals surface area (Å²) in [7, 11) is 0. The molecule has 1 aliphatic carbocycles. The second kappa shape index (κ2) is 14.7. The second-order valence-electron chi connectivity index (χ2n) is 14.7. The Morgan fingerprint density at radius 3 is 2.23 bits per heavy atom. The molecule has 7 aromatic rings. The Bertz CT molecular complexity index is 2850. The van der Waals surface area contributed by atoms with Crippen molar-refractivity contribution in [1.82, 2.24) is 15.3 Å². The quantitative estimate of drug-likeness (QED) is 0.126. The van der Waals surface area contributed by atoms with E-state index in [-0.39, 0.29) is 12.1 Å². The highest BCUT2D eigenvalue weighted by Gasteiger charge is 2.28. The van der Waals surface area contributed by atoms with Gasteiger partial charge < -0.3 is 11.1 Å². The molecule has 0 fully saturated rings. The fourth-order valence-corrected chi connectivity index (χ4v) is 7.82. The molecule has 0 bridgehead atoms. The van der Waals surface area contributed by atoms with E-state index in [0.29, 0.717) is 17.4 Å². The molecule has 56 heavy (non-hydrogen) atoms. The number of aryl methyl sites for hydroxylation is 2. The molecule has 2 aliphatic rings. The predicted molar refractivity (Wildman–Crippen MR) is 233 cm³/mol. The Morgan fingerprint density at radius 2 is 1.43 bits per heavy atom. The molecule has 9 rings (SSSR count). The Morgan fingerprint density at radius 1 is 0.732 bits per heavy atom. The normalized spacial score (nSPS) is 17.6. The number of benzene rings is 6. The zero-order valence-electron chi connectivity index (χ0n) is 31.7. The molecule has 0 saturated heterocycles. The number of amidine groups is 2. The van der Waals surface area contributed by atoms with Gasteiger partial charge in [-0.25, -0.2) is 20.0 Å². The Hall–Kier alpha value is -6.92. The topological polar surface area (TPSA) is 88.5 Å². The van der Waals surface area contributed by atoms with Crippen LogP contribution in [0.5, 0.6) is 0 Å². The van der Waals surface area contributed by atoms with Crippen molar-refractivity contribution in [2.75, 3.05) is 0 Å². The molecule has 1 aromatic heterocycles. The first-order valence-corrected chi connectivity index (χ1v) is 19.1. The summed E-state index contributed by atoms with van der Waals surface area (Å²) in [6, 6.07) is 44.9. The fourth-order valence-electron chi connectivity index (χ4n) is 7.82. The number of nitrogens with one attached hydrogen (secondary N) is 1. The van der Waals surface area contributed by atoms with Crippen molar-refractivity contribution in [3.8, 4) is 0 Å². The van der Waals surface area contributed by atoms with Gasteiger partial charge in [0.05, 0.1) is 0 Å². The fraction of sp³-hybridized carbons (Fsp3) is 0.120. The summed E-state index contributed by atoms with van der Waals surface area (Å²) in [5.41, 5.74) is 16.0. The number of aromatic nitrogens is 2. The molecule has 6 heteroatoms. The van der Waals surface area contributed by atoms with E-state index in [0.717, 1.165) is 56.7 Å². The first-order valence-electron chi connectivity index (χ1n) is 19.1. The highest BCUT2D eigenvalue weighted by atomic mass is 15.2. The maximum absolute atomic E-state index is 7.04. The lowest BCUT2D eigenvalue weighted by molar-refractivity contribution is 0.673. The van der Waals surface area contributed by atoms with Crippen molar-refractivity contribution < 1.29 is 0 Å². The van der Waals surface area contributed by atoms with Crippen LogP contribution in [0.25, 0.3) is 37.9 Å². The SMILES string of the molecule is C/C(=C\C=C(/N)C1=CC(c2cc3ccccc3c3ccccc23)CC(C2=NC(c3ccccc3)=NC(c3cccc4ccccc34)N2)=C1)c1ncc(C)c(C)n1. The van der Waals surface area contributed by atoms with Crippen LogP contribution in [0.3, 0.4) is 0 Å². The van der Waals surface area contributed by atoms with Crippen molar-refractivity contribution in [1.29, 1.82) is 0 Å². The minimum atomic E-state index is -0.351. The Balaban J connectivity index is 1.19. The van der Waals surface area contributed by atoms with E-state index >= 15 is 0 Å². The number of rotatable bonds is 7. The molecule has 0 amide bonds. The van der Waals surface area contributed by atoms with E-state index < -0.39 is 0 Å². The van der Waals surface area contributed by atoms with E-state index in [1.165, 1.54) is 32.5 Å². The number of fused-ring (bicyclic) bond motifs is 4. The van der Waals surface area contributed by atoms with E-state index in [1.54, 1.807) is 0 Å². The van der Waals surface area contributed by atoms with Gasteiger partial charge in [-0.3, -0.25) is 0 Å². The molecule has 6 aromatic carbocycles. The van der Waals surface area contributed by atoms with E-state index in [4.69, 9.17) is 20.7 Å². The minimum absolute atomic E-state index is 0.0131. The number of nitrogens with zero attached hydrogens (tertiary/aromatic N) is 4. The van der Waals surface area contributed by atoms with Crippen LogP contribution in [-0.2, 0) is 0 Å². The summed E-state index contributed by atoms with van der Waals surface area (Å²) in [5, 5.41) is 11.1. The van der Waals surface area contributed by atoms with Crippen molar-refractivity contribution in [3.63, 3.8) is 0 Å². The van der Waals surface area contributed by atoms with Crippen LogP contribution in [0.15, 0.2) is 185 Å². The van der Waals surface area contributed by atoms with Gasteiger partial charge in [0.15, 0.2) is 11.7 Å². The summed E-state index contributed by atoms with van der Waals surface area (Å²) in [6.07, 6.45) is 10.7. The molecule has 272 valence electrons.